The van der Waals surface area contributed by atoms with Gasteiger partial charge in [0, 0.05) is 0 Å². The maximum absolute atomic E-state index is 12.8. The second-order valence-electron chi connectivity index (χ2n) is 15.2. The zero-order valence-electron chi connectivity index (χ0n) is 27.0. The first-order valence-corrected chi connectivity index (χ1v) is 19.3. The van der Waals surface area contributed by atoms with Crippen molar-refractivity contribution in [1.82, 2.24) is 0 Å². The predicted molar refractivity (Wildman–Crippen MR) is 167 cm³/mol. The maximum atomic E-state index is 12.8. The third-order valence-electron chi connectivity index (χ3n) is 12.0. The molecular formula is C38H48IO6-. The molecule has 4 atom stereocenters. The van der Waals surface area contributed by atoms with Crippen LogP contribution < -0.4 is 30.7 Å². The fraction of sp³-hybridized carbons (Fsp3) is 0.632. The van der Waals surface area contributed by atoms with E-state index < -0.39 is 21.2 Å². The van der Waals surface area contributed by atoms with Gasteiger partial charge in [-0.25, -0.2) is 0 Å². The van der Waals surface area contributed by atoms with E-state index in [0.717, 1.165) is 37.0 Å². The van der Waals surface area contributed by atoms with Crippen LogP contribution in [0.5, 0.6) is 11.5 Å². The van der Waals surface area contributed by atoms with Gasteiger partial charge in [-0.1, -0.05) is 6.92 Å². The molecule has 0 N–H and O–H groups in total. The summed E-state index contributed by atoms with van der Waals surface area (Å²) in [6.07, 6.45) is 12.0. The number of benzene rings is 2. The van der Waals surface area contributed by atoms with Crippen LogP contribution in [0.25, 0.3) is 0 Å². The summed E-state index contributed by atoms with van der Waals surface area (Å²) in [7, 11) is 0. The first-order valence-electron chi connectivity index (χ1n) is 17.2. The van der Waals surface area contributed by atoms with Gasteiger partial charge >= 0.3 is 260 Å². The second-order valence-corrected chi connectivity index (χ2v) is 18.3. The molecular weight excluding hydrogens is 679 g/mol. The SMILES string of the molecule is CC1CC2CCC(C)(OC(=O)COc3ccc([I-]c4ccc(OCC(=O)OC5(C)C6CC7CC(C6)CC5C7)cc4)cc3)C(C1)C2. The summed E-state index contributed by atoms with van der Waals surface area (Å²) in [5.74, 6) is 5.52. The molecule has 6 aliphatic carbocycles. The Morgan fingerprint density at radius 2 is 1.18 bits per heavy atom. The van der Waals surface area contributed by atoms with Crippen molar-refractivity contribution in [3.63, 3.8) is 0 Å². The summed E-state index contributed by atoms with van der Waals surface area (Å²) in [4.78, 5) is 25.5. The van der Waals surface area contributed by atoms with Crippen LogP contribution in [0.4, 0.5) is 0 Å². The van der Waals surface area contributed by atoms with E-state index in [-0.39, 0.29) is 36.4 Å². The van der Waals surface area contributed by atoms with Crippen molar-refractivity contribution in [1.29, 1.82) is 0 Å². The topological polar surface area (TPSA) is 71.1 Å². The van der Waals surface area contributed by atoms with Crippen LogP contribution in [0, 0.1) is 48.6 Å². The van der Waals surface area contributed by atoms with Crippen LogP contribution in [-0.4, -0.2) is 36.4 Å². The summed E-state index contributed by atoms with van der Waals surface area (Å²) in [5.41, 5.74) is -0.687. The quantitative estimate of drug-likeness (QED) is 0.266. The Kier molecular flexibility index (Phi) is 8.85. The zero-order chi connectivity index (χ0) is 31.2. The van der Waals surface area contributed by atoms with Crippen LogP contribution in [0.1, 0.15) is 85.0 Å². The van der Waals surface area contributed by atoms with Crippen LogP contribution in [0.3, 0.4) is 0 Å². The van der Waals surface area contributed by atoms with Crippen molar-refractivity contribution in [2.75, 3.05) is 13.2 Å². The summed E-state index contributed by atoms with van der Waals surface area (Å²) >= 11 is -0.391. The minimum atomic E-state index is -0.391. The fourth-order valence-corrected chi connectivity index (χ4v) is 11.9. The van der Waals surface area contributed by atoms with Crippen LogP contribution in [0.15, 0.2) is 48.5 Å². The van der Waals surface area contributed by atoms with E-state index in [2.05, 4.69) is 45.0 Å². The molecule has 6 bridgehead atoms. The molecule has 2 aromatic carbocycles. The summed E-state index contributed by atoms with van der Waals surface area (Å²) in [6, 6.07) is 16.1. The normalized spacial score (nSPS) is 36.4. The number of fused-ring (bicyclic) bond motifs is 2. The first-order chi connectivity index (χ1) is 21.6. The van der Waals surface area contributed by atoms with Crippen molar-refractivity contribution >= 4 is 11.9 Å². The molecule has 7 heteroatoms. The third-order valence-corrected chi connectivity index (χ3v) is 14.6. The van der Waals surface area contributed by atoms with E-state index in [1.165, 1.54) is 52.1 Å². The van der Waals surface area contributed by atoms with E-state index in [1.807, 2.05) is 24.3 Å². The van der Waals surface area contributed by atoms with Crippen LogP contribution >= 0.6 is 0 Å². The summed E-state index contributed by atoms with van der Waals surface area (Å²) in [5, 5.41) is 0. The molecule has 6 nitrogen and oxygen atoms in total. The van der Waals surface area contributed by atoms with Gasteiger partial charge in [-0.2, -0.15) is 0 Å². The summed E-state index contributed by atoms with van der Waals surface area (Å²) < 4.78 is 26.3. The van der Waals surface area contributed by atoms with Crippen molar-refractivity contribution in [2.45, 2.75) is 96.2 Å². The molecule has 6 aliphatic rings. The monoisotopic (exact) mass is 727 g/mol. The van der Waals surface area contributed by atoms with Gasteiger partial charge < -0.3 is 0 Å². The molecule has 6 fully saturated rings. The van der Waals surface area contributed by atoms with Crippen LogP contribution in [-0.2, 0) is 19.1 Å². The van der Waals surface area contributed by atoms with E-state index in [0.29, 0.717) is 35.2 Å². The Morgan fingerprint density at radius 1 is 0.667 bits per heavy atom. The van der Waals surface area contributed by atoms with Crippen molar-refractivity contribution in [2.24, 2.45) is 41.4 Å². The Morgan fingerprint density at radius 3 is 1.73 bits per heavy atom. The first kappa shape index (κ1) is 31.3. The van der Waals surface area contributed by atoms with Gasteiger partial charge in [0.25, 0.3) is 0 Å². The van der Waals surface area contributed by atoms with Gasteiger partial charge in [0.2, 0.25) is 0 Å². The number of hydrogen-bond acceptors (Lipinski definition) is 6. The average Bonchev–Trinajstić information content (AvgIpc) is 3.01. The molecule has 4 unspecified atom stereocenters. The molecule has 0 radical (unpaired) electrons. The Labute approximate surface area is 278 Å². The van der Waals surface area contributed by atoms with Crippen molar-refractivity contribution in [3.05, 3.63) is 55.7 Å². The molecule has 0 spiro atoms. The molecule has 244 valence electrons. The Bertz CT molecular complexity index is 1340. The predicted octanol–water partition coefficient (Wildman–Crippen LogP) is 4.48. The molecule has 0 aromatic heterocycles. The van der Waals surface area contributed by atoms with Gasteiger partial charge in [0.05, 0.1) is 0 Å². The Balaban J connectivity index is 0.844. The third kappa shape index (κ3) is 6.89. The Hall–Kier alpha value is -2.29. The fourth-order valence-electron chi connectivity index (χ4n) is 9.76. The summed E-state index contributed by atoms with van der Waals surface area (Å²) in [6.45, 7) is 6.51. The van der Waals surface area contributed by atoms with Gasteiger partial charge in [0.1, 0.15) is 0 Å². The van der Waals surface area contributed by atoms with Crippen molar-refractivity contribution < 1.29 is 49.7 Å². The molecule has 0 aliphatic heterocycles. The number of hydrogen-bond donors (Lipinski definition) is 0. The number of carbonyl (C=O) groups is 2. The standard InChI is InChI=1S/C38H48IO6/c1-24-14-25-12-13-37(2,28(15-24)17-25)44-35(40)22-42-33-8-4-31(5-9-33)39-32-6-10-34(11-7-32)43-23-36(41)45-38(3)29-18-26-16-27(20-29)21-30(38)19-26/h4-11,24-30H,12-23H2,1-3H3/q-1. The van der Waals surface area contributed by atoms with Gasteiger partial charge in [-0.3, -0.25) is 0 Å². The zero-order valence-corrected chi connectivity index (χ0v) is 29.1. The van der Waals surface area contributed by atoms with Gasteiger partial charge in [-0.05, 0) is 12.8 Å². The molecule has 0 saturated heterocycles. The van der Waals surface area contributed by atoms with Crippen molar-refractivity contribution in [3.8, 4) is 11.5 Å². The van der Waals surface area contributed by atoms with Gasteiger partial charge in [-0.15, -0.1) is 0 Å². The van der Waals surface area contributed by atoms with E-state index in [1.54, 1.807) is 0 Å². The number of esters is 2. The number of ether oxygens (including phenoxy) is 4. The average molecular weight is 728 g/mol. The number of carbonyl (C=O) groups excluding carboxylic acids is 2. The molecule has 8 rings (SSSR count). The molecule has 2 aromatic rings. The van der Waals surface area contributed by atoms with E-state index in [4.69, 9.17) is 18.9 Å². The molecule has 0 heterocycles. The number of halogens is 1. The van der Waals surface area contributed by atoms with E-state index >= 15 is 0 Å². The van der Waals surface area contributed by atoms with Crippen LogP contribution in [0.2, 0.25) is 0 Å². The minimum absolute atomic E-state index is 0.0508. The molecule has 45 heavy (non-hydrogen) atoms. The molecule has 0 amide bonds. The molecule has 6 saturated carbocycles. The van der Waals surface area contributed by atoms with Gasteiger partial charge in [0.15, 0.2) is 0 Å². The number of rotatable bonds is 10. The second kappa shape index (κ2) is 12.7. The van der Waals surface area contributed by atoms with E-state index in [9.17, 15) is 9.59 Å².